The summed E-state index contributed by atoms with van der Waals surface area (Å²) in [6, 6.07) is 7.91. The zero-order chi connectivity index (χ0) is 14.7. The van der Waals surface area contributed by atoms with Crippen LogP contribution in [0.5, 0.6) is 0 Å². The Bertz CT molecular complexity index is 614. The van der Waals surface area contributed by atoms with E-state index in [0.29, 0.717) is 11.3 Å². The van der Waals surface area contributed by atoms with E-state index in [4.69, 9.17) is 5.73 Å². The Kier molecular flexibility index (Phi) is 4.73. The quantitative estimate of drug-likeness (QED) is 0.917. The predicted octanol–water partition coefficient (Wildman–Crippen LogP) is 4.14. The maximum Gasteiger partial charge on any atom is 0.140 e. The second-order valence-corrected chi connectivity index (χ2v) is 5.71. The molecule has 0 aliphatic rings. The highest BCUT2D eigenvalue weighted by Gasteiger charge is 2.10. The fourth-order valence-corrected chi connectivity index (χ4v) is 2.62. The third-order valence-corrected chi connectivity index (χ3v) is 3.77. The van der Waals surface area contributed by atoms with Crippen molar-refractivity contribution in [2.45, 2.75) is 29.2 Å². The maximum absolute atomic E-state index is 13.9. The fraction of sp³-hybridized carbons (Fsp3) is 0.200. The average molecular weight is 297 g/mol. The predicted molar refractivity (Wildman–Crippen MR) is 74.2 cm³/mol. The van der Waals surface area contributed by atoms with Crippen molar-refractivity contribution in [3.05, 3.63) is 59.4 Å². The summed E-state index contributed by atoms with van der Waals surface area (Å²) in [7, 11) is 0. The third kappa shape index (κ3) is 3.77. The van der Waals surface area contributed by atoms with E-state index < -0.39 is 17.5 Å². The summed E-state index contributed by atoms with van der Waals surface area (Å²) in [4.78, 5) is 0.481. The van der Waals surface area contributed by atoms with Gasteiger partial charge in [-0.2, -0.15) is 0 Å². The first kappa shape index (κ1) is 14.9. The van der Waals surface area contributed by atoms with Crippen LogP contribution in [0, 0.1) is 17.5 Å². The molecule has 0 bridgehead atoms. The summed E-state index contributed by atoms with van der Waals surface area (Å²) in [5.74, 6) is -1.79. The lowest BCUT2D eigenvalue weighted by atomic mass is 10.1. The van der Waals surface area contributed by atoms with Crippen LogP contribution in [-0.2, 0) is 6.42 Å². The van der Waals surface area contributed by atoms with Crippen LogP contribution in [0.4, 0.5) is 13.2 Å². The molecular weight excluding hydrogens is 283 g/mol. The van der Waals surface area contributed by atoms with Crippen LogP contribution in [0.3, 0.4) is 0 Å². The fourth-order valence-electron chi connectivity index (χ4n) is 1.80. The second-order valence-electron chi connectivity index (χ2n) is 4.62. The number of nitrogens with two attached hydrogens (primary N) is 1. The molecule has 2 N–H and O–H groups in total. The zero-order valence-electron chi connectivity index (χ0n) is 10.9. The highest BCUT2D eigenvalue weighted by Crippen LogP contribution is 2.32. The highest BCUT2D eigenvalue weighted by molar-refractivity contribution is 7.99. The van der Waals surface area contributed by atoms with Crippen LogP contribution in [0.1, 0.15) is 12.5 Å². The normalized spacial score (nSPS) is 12.4. The van der Waals surface area contributed by atoms with E-state index in [9.17, 15) is 13.2 Å². The van der Waals surface area contributed by atoms with Crippen molar-refractivity contribution in [1.29, 1.82) is 0 Å². The molecule has 0 aliphatic carbocycles. The summed E-state index contributed by atoms with van der Waals surface area (Å²) in [5, 5.41) is 0. The van der Waals surface area contributed by atoms with Gasteiger partial charge in [-0.15, -0.1) is 0 Å². The van der Waals surface area contributed by atoms with Crippen molar-refractivity contribution in [1.82, 2.24) is 0 Å². The Hall–Kier alpha value is -1.46. The lowest BCUT2D eigenvalue weighted by Crippen LogP contribution is -2.17. The third-order valence-electron chi connectivity index (χ3n) is 2.67. The largest absolute Gasteiger partial charge is 0.328 e. The lowest BCUT2D eigenvalue weighted by molar-refractivity contribution is 0.565. The Balaban J connectivity index is 2.21. The van der Waals surface area contributed by atoms with Gasteiger partial charge in [-0.25, -0.2) is 13.2 Å². The molecule has 0 heterocycles. The second kappa shape index (κ2) is 6.33. The van der Waals surface area contributed by atoms with Crippen molar-refractivity contribution >= 4 is 11.8 Å². The minimum Gasteiger partial charge on any atom is -0.328 e. The first-order chi connectivity index (χ1) is 9.45. The molecule has 0 amide bonds. The summed E-state index contributed by atoms with van der Waals surface area (Å²) in [5.41, 5.74) is 6.45. The average Bonchev–Trinajstić information content (AvgIpc) is 2.34. The van der Waals surface area contributed by atoms with Gasteiger partial charge >= 0.3 is 0 Å². The van der Waals surface area contributed by atoms with E-state index in [0.717, 1.165) is 29.5 Å². The minimum absolute atomic E-state index is 0.0533. The molecule has 2 rings (SSSR count). The molecule has 1 nitrogen and oxygen atoms in total. The van der Waals surface area contributed by atoms with Gasteiger partial charge in [-0.1, -0.05) is 17.8 Å². The van der Waals surface area contributed by atoms with Gasteiger partial charge < -0.3 is 5.73 Å². The first-order valence-electron chi connectivity index (χ1n) is 6.12. The van der Waals surface area contributed by atoms with Gasteiger partial charge in [0, 0.05) is 21.9 Å². The SMILES string of the molecule is CC(N)Cc1ccc(Sc2ccc(F)cc2F)c(F)c1. The molecule has 1 atom stereocenters. The monoisotopic (exact) mass is 297 g/mol. The Labute approximate surface area is 120 Å². The van der Waals surface area contributed by atoms with Crippen molar-refractivity contribution < 1.29 is 13.2 Å². The molecule has 106 valence electrons. The molecule has 0 radical (unpaired) electrons. The molecule has 2 aromatic rings. The molecule has 0 saturated carbocycles. The van der Waals surface area contributed by atoms with Crippen LogP contribution in [0.15, 0.2) is 46.2 Å². The van der Waals surface area contributed by atoms with Crippen LogP contribution < -0.4 is 5.73 Å². The van der Waals surface area contributed by atoms with Gasteiger partial charge in [0.1, 0.15) is 17.5 Å². The molecule has 0 fully saturated rings. The van der Waals surface area contributed by atoms with E-state index in [1.54, 1.807) is 12.1 Å². The smallest absolute Gasteiger partial charge is 0.140 e. The summed E-state index contributed by atoms with van der Waals surface area (Å²) < 4.78 is 40.3. The number of rotatable bonds is 4. The van der Waals surface area contributed by atoms with E-state index in [-0.39, 0.29) is 10.9 Å². The van der Waals surface area contributed by atoms with Crippen molar-refractivity contribution in [2.75, 3.05) is 0 Å². The number of hydrogen-bond donors (Lipinski definition) is 1. The number of halogens is 3. The zero-order valence-corrected chi connectivity index (χ0v) is 11.7. The molecule has 0 saturated heterocycles. The van der Waals surface area contributed by atoms with E-state index >= 15 is 0 Å². The van der Waals surface area contributed by atoms with Crippen molar-refractivity contribution in [2.24, 2.45) is 5.73 Å². The highest BCUT2D eigenvalue weighted by atomic mass is 32.2. The molecule has 20 heavy (non-hydrogen) atoms. The van der Waals surface area contributed by atoms with Crippen LogP contribution in [0.2, 0.25) is 0 Å². The molecule has 0 aliphatic heterocycles. The summed E-state index contributed by atoms with van der Waals surface area (Å²) in [6.07, 6.45) is 0.576. The van der Waals surface area contributed by atoms with Crippen LogP contribution in [-0.4, -0.2) is 6.04 Å². The Morgan fingerprint density at radius 2 is 1.60 bits per heavy atom. The molecule has 5 heteroatoms. The van der Waals surface area contributed by atoms with E-state index in [2.05, 4.69) is 0 Å². The van der Waals surface area contributed by atoms with Crippen LogP contribution in [0.25, 0.3) is 0 Å². The lowest BCUT2D eigenvalue weighted by Gasteiger charge is -2.08. The topological polar surface area (TPSA) is 26.0 Å². The van der Waals surface area contributed by atoms with Gasteiger partial charge in [-0.3, -0.25) is 0 Å². The molecule has 1 unspecified atom stereocenters. The summed E-state index contributed by atoms with van der Waals surface area (Å²) >= 11 is 0.929. The van der Waals surface area contributed by atoms with Crippen molar-refractivity contribution in [3.63, 3.8) is 0 Å². The van der Waals surface area contributed by atoms with Gasteiger partial charge in [-0.05, 0) is 43.2 Å². The number of benzene rings is 2. The maximum atomic E-state index is 13.9. The molecule has 0 aromatic heterocycles. The van der Waals surface area contributed by atoms with E-state index in [1.165, 1.54) is 12.1 Å². The molecule has 0 spiro atoms. The molecule has 2 aromatic carbocycles. The van der Waals surface area contributed by atoms with Crippen molar-refractivity contribution in [3.8, 4) is 0 Å². The minimum atomic E-state index is -0.700. The Morgan fingerprint density at radius 3 is 2.15 bits per heavy atom. The van der Waals surface area contributed by atoms with Gasteiger partial charge in [0.15, 0.2) is 0 Å². The first-order valence-corrected chi connectivity index (χ1v) is 6.94. The van der Waals surface area contributed by atoms with Gasteiger partial charge in [0.2, 0.25) is 0 Å². The summed E-state index contributed by atoms with van der Waals surface area (Å²) in [6.45, 7) is 1.84. The van der Waals surface area contributed by atoms with Gasteiger partial charge in [0.05, 0.1) is 0 Å². The Morgan fingerprint density at radius 1 is 1.00 bits per heavy atom. The standard InChI is InChI=1S/C15H14F3NS/c1-9(19)6-10-2-4-14(12(17)7-10)20-15-5-3-11(16)8-13(15)18/h2-5,7-9H,6,19H2,1H3. The van der Waals surface area contributed by atoms with E-state index in [1.807, 2.05) is 6.92 Å². The number of hydrogen-bond acceptors (Lipinski definition) is 2. The van der Waals surface area contributed by atoms with Crippen LogP contribution >= 0.6 is 11.8 Å². The molecular formula is C15H14F3NS. The van der Waals surface area contributed by atoms with Gasteiger partial charge in [0.25, 0.3) is 0 Å².